The van der Waals surface area contributed by atoms with E-state index in [2.05, 4.69) is 0 Å². The van der Waals surface area contributed by atoms with Gasteiger partial charge in [0, 0.05) is 11.1 Å². The Balaban J connectivity index is 0.000000210. The van der Waals surface area contributed by atoms with Crippen molar-refractivity contribution in [2.75, 3.05) is 49.3 Å². The van der Waals surface area contributed by atoms with Crippen LogP contribution in [0.2, 0.25) is 0 Å². The summed E-state index contributed by atoms with van der Waals surface area (Å²) >= 11 is 0. The highest BCUT2D eigenvalue weighted by Crippen LogP contribution is 2.37. The van der Waals surface area contributed by atoms with Gasteiger partial charge in [-0.2, -0.15) is 0 Å². The van der Waals surface area contributed by atoms with Gasteiger partial charge in [0.05, 0.1) is 60.4 Å². The maximum atomic E-state index is 12.5. The van der Waals surface area contributed by atoms with E-state index >= 15 is 0 Å². The van der Waals surface area contributed by atoms with Crippen LogP contribution in [-0.2, 0) is 19.0 Å². The highest BCUT2D eigenvalue weighted by atomic mass is 16.5. The Hall–Kier alpha value is -5.65. The molecule has 0 unspecified atom stereocenters. The molecule has 0 aliphatic heterocycles. The molecule has 12 nitrogen and oxygen atoms in total. The van der Waals surface area contributed by atoms with Crippen LogP contribution >= 0.6 is 0 Å². The molecule has 0 atom stereocenters. The van der Waals surface area contributed by atoms with E-state index in [9.17, 15) is 24.0 Å². The summed E-state index contributed by atoms with van der Waals surface area (Å²) in [5.41, 5.74) is 0.735. The quantitative estimate of drug-likeness (QED) is 0.148. The standard InChI is InChI=1S/C18H16O6.C16H16O6/c1-4-24-18(21)15-16(19)11-5-9-7-13(22-2)14(23-3)8-10(9)6-12(11)17(15)20;1-19-13-7-9-5-11(15(17)21-3)12(16(18)22-4)6-10(9)8-14(13)20-2/h5-8,15H,4H2,1-3H3;5-8H,1-4H3. The van der Waals surface area contributed by atoms with Crippen molar-refractivity contribution in [2.45, 2.75) is 6.92 Å². The first-order valence-electron chi connectivity index (χ1n) is 13.9. The molecule has 4 aromatic rings. The van der Waals surface area contributed by atoms with Crippen molar-refractivity contribution >= 4 is 51.0 Å². The smallest absolute Gasteiger partial charge is 0.338 e. The molecule has 46 heavy (non-hydrogen) atoms. The Morgan fingerprint density at radius 3 is 1.15 bits per heavy atom. The van der Waals surface area contributed by atoms with Crippen LogP contribution < -0.4 is 18.9 Å². The summed E-state index contributed by atoms with van der Waals surface area (Å²) in [7, 11) is 8.58. The topological polar surface area (TPSA) is 150 Å². The first-order valence-corrected chi connectivity index (χ1v) is 13.9. The zero-order valence-corrected chi connectivity index (χ0v) is 26.3. The average molecular weight is 633 g/mol. The molecule has 0 fully saturated rings. The number of ketones is 2. The summed E-state index contributed by atoms with van der Waals surface area (Å²) in [6.45, 7) is 1.74. The van der Waals surface area contributed by atoms with Crippen LogP contribution in [0.25, 0.3) is 21.5 Å². The molecule has 12 heteroatoms. The summed E-state index contributed by atoms with van der Waals surface area (Å²) in [5, 5.41) is 2.87. The molecule has 5 rings (SSSR count). The lowest BCUT2D eigenvalue weighted by Crippen LogP contribution is -2.27. The number of hydrogen-bond donors (Lipinski definition) is 0. The summed E-state index contributed by atoms with van der Waals surface area (Å²) in [6, 6.07) is 13.2. The van der Waals surface area contributed by atoms with Crippen LogP contribution in [0.15, 0.2) is 48.5 Å². The van der Waals surface area contributed by atoms with Crippen LogP contribution in [0.3, 0.4) is 0 Å². The Morgan fingerprint density at radius 2 is 0.870 bits per heavy atom. The van der Waals surface area contributed by atoms with Gasteiger partial charge in [0.15, 0.2) is 40.5 Å². The van der Waals surface area contributed by atoms with Crippen molar-refractivity contribution in [1.29, 1.82) is 0 Å². The van der Waals surface area contributed by atoms with Crippen molar-refractivity contribution < 1.29 is 57.1 Å². The summed E-state index contributed by atoms with van der Waals surface area (Å²) in [4.78, 5) is 60.6. The largest absolute Gasteiger partial charge is 0.493 e. The molecule has 0 aromatic heterocycles. The average Bonchev–Trinajstić information content (AvgIpc) is 3.32. The third-order valence-electron chi connectivity index (χ3n) is 7.35. The molecule has 0 bridgehead atoms. The first kappa shape index (κ1) is 33.2. The lowest BCUT2D eigenvalue weighted by atomic mass is 10.00. The maximum absolute atomic E-state index is 12.5. The zero-order chi connectivity index (χ0) is 33.7. The van der Waals surface area contributed by atoms with Gasteiger partial charge in [-0.15, -0.1) is 0 Å². The number of hydrogen-bond acceptors (Lipinski definition) is 12. The van der Waals surface area contributed by atoms with Gasteiger partial charge >= 0.3 is 17.9 Å². The second-order valence-corrected chi connectivity index (χ2v) is 9.80. The third kappa shape index (κ3) is 6.14. The van der Waals surface area contributed by atoms with Gasteiger partial charge in [-0.25, -0.2) is 9.59 Å². The number of rotatable bonds is 8. The molecule has 0 spiro atoms. The van der Waals surface area contributed by atoms with E-state index < -0.39 is 35.4 Å². The van der Waals surface area contributed by atoms with Crippen LogP contribution in [-0.4, -0.2) is 78.7 Å². The molecule has 4 aromatic carbocycles. The number of ether oxygens (including phenoxy) is 7. The molecule has 0 radical (unpaired) electrons. The summed E-state index contributed by atoms with van der Waals surface area (Å²) in [5.74, 6) is -2.39. The Morgan fingerprint density at radius 1 is 0.543 bits per heavy atom. The molecular formula is C34H32O12. The van der Waals surface area contributed by atoms with Crippen molar-refractivity contribution in [3.8, 4) is 23.0 Å². The van der Waals surface area contributed by atoms with E-state index in [-0.39, 0.29) is 28.9 Å². The van der Waals surface area contributed by atoms with Crippen LogP contribution in [0.4, 0.5) is 0 Å². The van der Waals surface area contributed by atoms with Crippen molar-refractivity contribution in [3.63, 3.8) is 0 Å². The maximum Gasteiger partial charge on any atom is 0.338 e. The minimum Gasteiger partial charge on any atom is -0.493 e. The predicted octanol–water partition coefficient (Wildman–Crippen LogP) is 4.85. The molecule has 1 aliphatic rings. The van der Waals surface area contributed by atoms with E-state index in [0.29, 0.717) is 33.8 Å². The third-order valence-corrected chi connectivity index (χ3v) is 7.35. The fraction of sp³-hybridized carbons (Fsp3) is 0.265. The number of methoxy groups -OCH3 is 6. The minimum atomic E-state index is -1.40. The lowest BCUT2D eigenvalue weighted by Gasteiger charge is -2.12. The number of Topliss-reactive ketones (excluding diaryl/α,β-unsaturated/α-hetero) is 2. The second kappa shape index (κ2) is 14.0. The van der Waals surface area contributed by atoms with Gasteiger partial charge in [0.2, 0.25) is 0 Å². The number of carbonyl (C=O) groups is 5. The number of esters is 3. The minimum absolute atomic E-state index is 0.114. The van der Waals surface area contributed by atoms with E-state index in [4.69, 9.17) is 33.2 Å². The first-order chi connectivity index (χ1) is 22.1. The van der Waals surface area contributed by atoms with E-state index in [0.717, 1.165) is 10.8 Å². The number of fused-ring (bicyclic) bond motifs is 3. The van der Waals surface area contributed by atoms with Crippen LogP contribution in [0, 0.1) is 5.92 Å². The normalized spacial score (nSPS) is 12.2. The number of carbonyl (C=O) groups excluding carboxylic acids is 5. The van der Waals surface area contributed by atoms with E-state index in [1.54, 1.807) is 55.5 Å². The van der Waals surface area contributed by atoms with Crippen LogP contribution in [0.1, 0.15) is 48.4 Å². The molecule has 0 heterocycles. The molecule has 0 saturated heterocycles. The fourth-order valence-corrected chi connectivity index (χ4v) is 5.09. The van der Waals surface area contributed by atoms with Crippen molar-refractivity contribution in [1.82, 2.24) is 0 Å². The van der Waals surface area contributed by atoms with E-state index in [1.807, 2.05) is 0 Å². The Bertz CT molecular complexity index is 1750. The molecule has 0 N–H and O–H groups in total. The Labute approximate surface area is 264 Å². The van der Waals surface area contributed by atoms with Gasteiger partial charge in [0.1, 0.15) is 0 Å². The number of benzene rings is 4. The van der Waals surface area contributed by atoms with Gasteiger partial charge in [-0.05, 0) is 77.0 Å². The monoisotopic (exact) mass is 632 g/mol. The second-order valence-electron chi connectivity index (χ2n) is 9.80. The molecular weight excluding hydrogens is 600 g/mol. The molecule has 240 valence electrons. The zero-order valence-electron chi connectivity index (χ0n) is 26.3. The molecule has 1 aliphatic carbocycles. The molecule has 0 saturated carbocycles. The summed E-state index contributed by atoms with van der Waals surface area (Å²) < 4.78 is 35.3. The van der Waals surface area contributed by atoms with Gasteiger partial charge in [0.25, 0.3) is 0 Å². The van der Waals surface area contributed by atoms with Gasteiger partial charge in [-0.1, -0.05) is 0 Å². The highest BCUT2D eigenvalue weighted by molar-refractivity contribution is 6.35. The molecule has 0 amide bonds. The van der Waals surface area contributed by atoms with Crippen molar-refractivity contribution in [2.24, 2.45) is 5.92 Å². The Kier molecular flexibility index (Phi) is 10.1. The van der Waals surface area contributed by atoms with E-state index in [1.165, 1.54) is 42.7 Å². The SMILES string of the molecule is CCOC(=O)C1C(=O)c2cc3cc(OC)c(OC)cc3cc2C1=O.COC(=O)c1cc2cc(OC)c(OC)cc2cc1C(=O)OC. The highest BCUT2D eigenvalue weighted by Gasteiger charge is 2.44. The summed E-state index contributed by atoms with van der Waals surface area (Å²) in [6.07, 6.45) is 0. The van der Waals surface area contributed by atoms with Crippen LogP contribution in [0.5, 0.6) is 23.0 Å². The van der Waals surface area contributed by atoms with Gasteiger partial charge in [-0.3, -0.25) is 14.4 Å². The predicted molar refractivity (Wildman–Crippen MR) is 166 cm³/mol. The lowest BCUT2D eigenvalue weighted by molar-refractivity contribution is -0.144. The van der Waals surface area contributed by atoms with Gasteiger partial charge < -0.3 is 33.2 Å². The fourth-order valence-electron chi connectivity index (χ4n) is 5.09. The van der Waals surface area contributed by atoms with Crippen molar-refractivity contribution in [3.05, 3.63) is 70.8 Å².